The molecular weight excluding hydrogens is 254 g/mol. The Morgan fingerprint density at radius 2 is 1.84 bits per heavy atom. The fourth-order valence-electron chi connectivity index (χ4n) is 1.38. The van der Waals surface area contributed by atoms with E-state index < -0.39 is 36.5 Å². The zero-order chi connectivity index (χ0) is 15.0. The van der Waals surface area contributed by atoms with Crippen molar-refractivity contribution >= 4 is 17.8 Å². The summed E-state index contributed by atoms with van der Waals surface area (Å²) in [5.41, 5.74) is 5.07. The Hall–Kier alpha value is -1.67. The summed E-state index contributed by atoms with van der Waals surface area (Å²) in [6.45, 7) is 2.53. The van der Waals surface area contributed by atoms with E-state index in [-0.39, 0.29) is 12.5 Å². The van der Waals surface area contributed by atoms with Crippen molar-refractivity contribution in [2.24, 2.45) is 11.7 Å². The molecule has 0 fully saturated rings. The molecule has 0 aliphatic carbocycles. The normalized spacial score (nSPS) is 15.2. The van der Waals surface area contributed by atoms with Gasteiger partial charge in [0.25, 0.3) is 0 Å². The van der Waals surface area contributed by atoms with Gasteiger partial charge >= 0.3 is 5.97 Å². The first-order valence-electron chi connectivity index (χ1n) is 6.00. The summed E-state index contributed by atoms with van der Waals surface area (Å²) in [6.07, 6.45) is 0.566. The highest BCUT2D eigenvalue weighted by atomic mass is 16.4. The zero-order valence-corrected chi connectivity index (χ0v) is 11.0. The second kappa shape index (κ2) is 8.44. The summed E-state index contributed by atoms with van der Waals surface area (Å²) < 4.78 is 0. The van der Waals surface area contributed by atoms with Crippen molar-refractivity contribution < 1.29 is 24.6 Å². The van der Waals surface area contributed by atoms with Gasteiger partial charge in [-0.1, -0.05) is 20.3 Å². The van der Waals surface area contributed by atoms with Gasteiger partial charge in [-0.15, -0.1) is 0 Å². The van der Waals surface area contributed by atoms with Gasteiger partial charge in [-0.3, -0.25) is 9.59 Å². The first-order chi connectivity index (χ1) is 8.87. The summed E-state index contributed by atoms with van der Waals surface area (Å²) in [5, 5.41) is 22.5. The minimum absolute atomic E-state index is 0.272. The topological polar surface area (TPSA) is 142 Å². The maximum atomic E-state index is 11.8. The Labute approximate surface area is 111 Å². The summed E-state index contributed by atoms with van der Waals surface area (Å²) in [4.78, 5) is 33.9. The van der Waals surface area contributed by atoms with Gasteiger partial charge in [-0.25, -0.2) is 4.79 Å². The van der Waals surface area contributed by atoms with Crippen LogP contribution in [0.25, 0.3) is 0 Å². The standard InChI is InChI=1S/C11H21N3O5/c1-3-6(2)9(11(18)19)14-10(17)7(5-15)13-8(16)4-12/h6-7,9,15H,3-5,12H2,1-2H3,(H,13,16)(H,14,17)(H,18,19)/t6-,7-,9-/m0/s1. The largest absolute Gasteiger partial charge is 0.480 e. The third-order valence-corrected chi connectivity index (χ3v) is 2.80. The number of hydrogen-bond acceptors (Lipinski definition) is 5. The van der Waals surface area contributed by atoms with Gasteiger partial charge in [0.2, 0.25) is 11.8 Å². The second-order valence-corrected chi connectivity index (χ2v) is 4.22. The van der Waals surface area contributed by atoms with E-state index in [0.29, 0.717) is 6.42 Å². The number of carboxylic acids is 1. The van der Waals surface area contributed by atoms with E-state index in [1.54, 1.807) is 13.8 Å². The van der Waals surface area contributed by atoms with Crippen molar-refractivity contribution in [2.75, 3.05) is 13.2 Å². The molecule has 19 heavy (non-hydrogen) atoms. The highest BCUT2D eigenvalue weighted by Crippen LogP contribution is 2.08. The van der Waals surface area contributed by atoms with E-state index in [1.165, 1.54) is 0 Å². The van der Waals surface area contributed by atoms with Crippen LogP contribution in [0.5, 0.6) is 0 Å². The molecule has 0 aliphatic heterocycles. The van der Waals surface area contributed by atoms with Gasteiger partial charge in [0.05, 0.1) is 13.2 Å². The van der Waals surface area contributed by atoms with Crippen molar-refractivity contribution in [1.29, 1.82) is 0 Å². The molecular formula is C11H21N3O5. The van der Waals surface area contributed by atoms with Crippen LogP contribution in [0.4, 0.5) is 0 Å². The van der Waals surface area contributed by atoms with E-state index in [1.807, 2.05) is 0 Å². The van der Waals surface area contributed by atoms with Crippen molar-refractivity contribution in [3.63, 3.8) is 0 Å². The van der Waals surface area contributed by atoms with E-state index in [9.17, 15) is 14.4 Å². The van der Waals surface area contributed by atoms with Crippen LogP contribution in [0.1, 0.15) is 20.3 Å². The number of nitrogens with two attached hydrogens (primary N) is 1. The highest BCUT2D eigenvalue weighted by Gasteiger charge is 2.28. The van der Waals surface area contributed by atoms with E-state index >= 15 is 0 Å². The Bertz CT molecular complexity index is 334. The summed E-state index contributed by atoms with van der Waals surface area (Å²) >= 11 is 0. The Kier molecular flexibility index (Phi) is 7.69. The molecule has 0 spiro atoms. The van der Waals surface area contributed by atoms with E-state index in [4.69, 9.17) is 15.9 Å². The lowest BCUT2D eigenvalue weighted by molar-refractivity contribution is -0.144. The molecule has 8 heteroatoms. The van der Waals surface area contributed by atoms with Crippen LogP contribution in [0.3, 0.4) is 0 Å². The number of aliphatic carboxylic acids is 1. The average Bonchev–Trinajstić information content (AvgIpc) is 2.40. The quantitative estimate of drug-likeness (QED) is 0.348. The van der Waals surface area contributed by atoms with Crippen molar-refractivity contribution in [1.82, 2.24) is 10.6 Å². The van der Waals surface area contributed by atoms with Gasteiger partial charge in [0.1, 0.15) is 12.1 Å². The molecule has 0 radical (unpaired) electrons. The fraction of sp³-hybridized carbons (Fsp3) is 0.727. The molecule has 0 aliphatic rings. The Balaban J connectivity index is 4.68. The minimum Gasteiger partial charge on any atom is -0.480 e. The zero-order valence-electron chi connectivity index (χ0n) is 11.0. The molecule has 0 aromatic rings. The minimum atomic E-state index is -1.21. The number of nitrogens with one attached hydrogen (secondary N) is 2. The van der Waals surface area contributed by atoms with Crippen LogP contribution in [-0.4, -0.2) is 53.2 Å². The Morgan fingerprint density at radius 3 is 2.21 bits per heavy atom. The number of amides is 2. The molecule has 3 atom stereocenters. The van der Waals surface area contributed by atoms with Gasteiger partial charge < -0.3 is 26.6 Å². The first-order valence-corrected chi connectivity index (χ1v) is 6.00. The lowest BCUT2D eigenvalue weighted by atomic mass is 9.99. The summed E-state index contributed by atoms with van der Waals surface area (Å²) in [7, 11) is 0. The number of carbonyl (C=O) groups excluding carboxylic acids is 2. The predicted molar refractivity (Wildman–Crippen MR) is 67.1 cm³/mol. The fourth-order valence-corrected chi connectivity index (χ4v) is 1.38. The van der Waals surface area contributed by atoms with Crippen LogP contribution in [-0.2, 0) is 14.4 Å². The lowest BCUT2D eigenvalue weighted by Crippen LogP contribution is -2.55. The predicted octanol–water partition coefficient (Wildman–Crippen LogP) is -1.96. The molecule has 110 valence electrons. The molecule has 0 aromatic heterocycles. The summed E-state index contributed by atoms with van der Waals surface area (Å²) in [5.74, 6) is -2.79. The maximum Gasteiger partial charge on any atom is 0.326 e. The van der Waals surface area contributed by atoms with Crippen LogP contribution in [0, 0.1) is 5.92 Å². The van der Waals surface area contributed by atoms with Crippen LogP contribution in [0.2, 0.25) is 0 Å². The number of rotatable bonds is 8. The van der Waals surface area contributed by atoms with Crippen LogP contribution in [0.15, 0.2) is 0 Å². The second-order valence-electron chi connectivity index (χ2n) is 4.22. The SMILES string of the molecule is CC[C@H](C)[C@H](NC(=O)[C@H](CO)NC(=O)CN)C(=O)O. The molecule has 8 nitrogen and oxygen atoms in total. The molecule has 6 N–H and O–H groups in total. The molecule has 2 amide bonds. The van der Waals surface area contributed by atoms with Gasteiger partial charge in [-0.2, -0.15) is 0 Å². The van der Waals surface area contributed by atoms with E-state index in [2.05, 4.69) is 10.6 Å². The molecule has 0 unspecified atom stereocenters. The molecule has 0 rings (SSSR count). The number of aliphatic hydroxyl groups is 1. The number of carboxylic acid groups (broad SMARTS) is 1. The lowest BCUT2D eigenvalue weighted by Gasteiger charge is -2.23. The van der Waals surface area contributed by atoms with Crippen molar-refractivity contribution in [3.05, 3.63) is 0 Å². The van der Waals surface area contributed by atoms with Gasteiger partial charge in [0, 0.05) is 0 Å². The monoisotopic (exact) mass is 275 g/mol. The highest BCUT2D eigenvalue weighted by molar-refractivity contribution is 5.90. The van der Waals surface area contributed by atoms with Crippen LogP contribution < -0.4 is 16.4 Å². The summed E-state index contributed by atoms with van der Waals surface area (Å²) in [6, 6.07) is -2.27. The maximum absolute atomic E-state index is 11.8. The number of hydrogen-bond donors (Lipinski definition) is 5. The average molecular weight is 275 g/mol. The van der Waals surface area contributed by atoms with Gasteiger partial charge in [0.15, 0.2) is 0 Å². The third kappa shape index (κ3) is 5.66. The smallest absolute Gasteiger partial charge is 0.326 e. The molecule has 0 aromatic carbocycles. The molecule has 0 heterocycles. The molecule has 0 saturated heterocycles. The molecule has 0 saturated carbocycles. The molecule has 0 bridgehead atoms. The third-order valence-electron chi connectivity index (χ3n) is 2.80. The van der Waals surface area contributed by atoms with Crippen LogP contribution >= 0.6 is 0 Å². The number of carbonyl (C=O) groups is 3. The first kappa shape index (κ1) is 17.3. The van der Waals surface area contributed by atoms with Crippen molar-refractivity contribution in [3.8, 4) is 0 Å². The Morgan fingerprint density at radius 1 is 1.26 bits per heavy atom. The number of aliphatic hydroxyl groups excluding tert-OH is 1. The van der Waals surface area contributed by atoms with Gasteiger partial charge in [-0.05, 0) is 5.92 Å². The van der Waals surface area contributed by atoms with Crippen molar-refractivity contribution in [2.45, 2.75) is 32.4 Å². The van der Waals surface area contributed by atoms with E-state index in [0.717, 1.165) is 0 Å².